The van der Waals surface area contributed by atoms with Gasteiger partial charge in [-0.3, -0.25) is 0 Å². The summed E-state index contributed by atoms with van der Waals surface area (Å²) in [5.74, 6) is 0.941. The molecule has 1 aliphatic carbocycles. The molecule has 118 valence electrons. The van der Waals surface area contributed by atoms with Crippen LogP contribution in [0, 0.1) is 0 Å². The highest BCUT2D eigenvalue weighted by Crippen LogP contribution is 2.58. The molecule has 1 unspecified atom stereocenters. The van der Waals surface area contributed by atoms with Gasteiger partial charge in [0.1, 0.15) is 14.0 Å². The van der Waals surface area contributed by atoms with E-state index in [1.807, 2.05) is 0 Å². The number of allylic oxidation sites excluding steroid dienone is 1. The third-order valence-electron chi connectivity index (χ3n) is 5.07. The van der Waals surface area contributed by atoms with Crippen LogP contribution in [-0.2, 0) is 0 Å². The Kier molecular flexibility index (Phi) is 3.01. The second-order valence-corrected chi connectivity index (χ2v) is 12.3. The molecule has 0 aromatic heterocycles. The minimum absolute atomic E-state index is 0.375. The van der Waals surface area contributed by atoms with Crippen molar-refractivity contribution in [1.29, 1.82) is 0 Å². The number of hydrogen-bond donors (Lipinski definition) is 0. The molecule has 0 N–H and O–H groups in total. The lowest BCUT2D eigenvalue weighted by Gasteiger charge is -2.38. The zero-order valence-corrected chi connectivity index (χ0v) is 15.5. The number of hydrogen-bond acceptors (Lipinski definition) is 2. The lowest BCUT2D eigenvalue weighted by molar-refractivity contribution is 0.415. The SMILES string of the molecule is COc1ccc2c(c1)C1=C(C)c3ccccc3C1N2[Si](C)(C)C. The molecule has 0 radical (unpaired) electrons. The van der Waals surface area contributed by atoms with Gasteiger partial charge in [-0.15, -0.1) is 0 Å². The van der Waals surface area contributed by atoms with Gasteiger partial charge in [0.15, 0.2) is 0 Å². The van der Waals surface area contributed by atoms with Crippen LogP contribution in [0.15, 0.2) is 42.5 Å². The fraction of sp³-hybridized carbons (Fsp3) is 0.300. The Morgan fingerprint density at radius 1 is 1.00 bits per heavy atom. The fourth-order valence-electron chi connectivity index (χ4n) is 4.16. The van der Waals surface area contributed by atoms with Crippen LogP contribution in [0.25, 0.3) is 11.1 Å². The minimum Gasteiger partial charge on any atom is -0.497 e. The molecule has 0 spiro atoms. The summed E-state index contributed by atoms with van der Waals surface area (Å²) in [6, 6.07) is 15.8. The maximum Gasteiger partial charge on any atom is 0.148 e. The van der Waals surface area contributed by atoms with E-state index in [4.69, 9.17) is 4.74 Å². The van der Waals surface area contributed by atoms with Crippen LogP contribution in [0.1, 0.15) is 29.7 Å². The predicted molar refractivity (Wildman–Crippen MR) is 100 cm³/mol. The second kappa shape index (κ2) is 4.75. The molecular formula is C20H23NOSi. The predicted octanol–water partition coefficient (Wildman–Crippen LogP) is 5.34. The van der Waals surface area contributed by atoms with E-state index < -0.39 is 8.24 Å². The van der Waals surface area contributed by atoms with Crippen molar-refractivity contribution in [2.45, 2.75) is 32.6 Å². The molecule has 1 aliphatic heterocycles. The minimum atomic E-state index is -1.53. The summed E-state index contributed by atoms with van der Waals surface area (Å²) < 4.78 is 8.19. The molecule has 23 heavy (non-hydrogen) atoms. The Bertz CT molecular complexity index is 832. The molecule has 0 saturated heterocycles. The van der Waals surface area contributed by atoms with Crippen molar-refractivity contribution in [1.82, 2.24) is 0 Å². The molecule has 4 rings (SSSR count). The van der Waals surface area contributed by atoms with Crippen LogP contribution in [0.2, 0.25) is 19.6 Å². The number of benzene rings is 2. The molecule has 3 heteroatoms. The van der Waals surface area contributed by atoms with Crippen molar-refractivity contribution in [3.8, 4) is 5.75 Å². The van der Waals surface area contributed by atoms with Crippen molar-refractivity contribution < 1.29 is 4.74 Å². The molecule has 2 aliphatic rings. The number of anilines is 1. The van der Waals surface area contributed by atoms with Crippen molar-refractivity contribution in [2.75, 3.05) is 11.7 Å². The molecular weight excluding hydrogens is 298 g/mol. The summed E-state index contributed by atoms with van der Waals surface area (Å²) in [5, 5.41) is 0. The largest absolute Gasteiger partial charge is 0.497 e. The quantitative estimate of drug-likeness (QED) is 0.693. The number of methoxy groups -OCH3 is 1. The standard InChI is InChI=1S/C20H23NOSi/c1-13-15-8-6-7-9-16(15)20-19(13)17-12-14(22-2)10-11-18(17)21(20)23(3,4)5/h6-12,20H,1-5H3. The number of fused-ring (bicyclic) bond motifs is 5. The first-order chi connectivity index (χ1) is 10.9. The zero-order chi connectivity index (χ0) is 16.4. The van der Waals surface area contributed by atoms with Crippen LogP contribution >= 0.6 is 0 Å². The summed E-state index contributed by atoms with van der Waals surface area (Å²) in [6.07, 6.45) is 0. The molecule has 2 nitrogen and oxygen atoms in total. The Morgan fingerprint density at radius 3 is 2.43 bits per heavy atom. The lowest BCUT2D eigenvalue weighted by atomic mass is 10.0. The van der Waals surface area contributed by atoms with Gasteiger partial charge in [-0.25, -0.2) is 0 Å². The van der Waals surface area contributed by atoms with E-state index in [2.05, 4.69) is 73.6 Å². The molecule has 2 aromatic carbocycles. The van der Waals surface area contributed by atoms with Gasteiger partial charge in [0, 0.05) is 11.3 Å². The van der Waals surface area contributed by atoms with Crippen molar-refractivity contribution in [3.05, 3.63) is 59.2 Å². The Hall–Kier alpha value is -2.00. The molecule has 0 fully saturated rings. The van der Waals surface area contributed by atoms with E-state index in [9.17, 15) is 0 Å². The fourth-order valence-corrected chi connectivity index (χ4v) is 6.12. The van der Waals surface area contributed by atoms with Crippen LogP contribution in [0.3, 0.4) is 0 Å². The third kappa shape index (κ3) is 1.93. The van der Waals surface area contributed by atoms with Crippen molar-refractivity contribution in [3.63, 3.8) is 0 Å². The first kappa shape index (κ1) is 14.6. The van der Waals surface area contributed by atoms with E-state index >= 15 is 0 Å². The Balaban J connectivity index is 2.03. The van der Waals surface area contributed by atoms with Crippen LogP contribution in [-0.4, -0.2) is 15.3 Å². The highest BCUT2D eigenvalue weighted by atomic mass is 28.3. The average molecular weight is 321 g/mol. The zero-order valence-electron chi connectivity index (χ0n) is 14.5. The molecule has 1 heterocycles. The first-order valence-electron chi connectivity index (χ1n) is 8.21. The molecule has 0 bridgehead atoms. The smallest absolute Gasteiger partial charge is 0.148 e. The maximum absolute atomic E-state index is 5.49. The van der Waals surface area contributed by atoms with Crippen LogP contribution in [0.4, 0.5) is 5.69 Å². The highest BCUT2D eigenvalue weighted by molar-refractivity contribution is 6.80. The van der Waals surface area contributed by atoms with E-state index in [0.717, 1.165) is 5.75 Å². The number of nitrogens with zero attached hydrogens (tertiary/aromatic N) is 1. The summed E-state index contributed by atoms with van der Waals surface area (Å²) >= 11 is 0. The summed E-state index contributed by atoms with van der Waals surface area (Å²) in [5.41, 5.74) is 8.48. The molecule has 2 aromatic rings. The van der Waals surface area contributed by atoms with Crippen molar-refractivity contribution >= 4 is 25.1 Å². The van der Waals surface area contributed by atoms with Gasteiger partial charge in [0.25, 0.3) is 0 Å². The van der Waals surface area contributed by atoms with Crippen LogP contribution < -0.4 is 9.30 Å². The van der Waals surface area contributed by atoms with Crippen LogP contribution in [0.5, 0.6) is 5.75 Å². The van der Waals surface area contributed by atoms with Crippen molar-refractivity contribution in [2.24, 2.45) is 0 Å². The van der Waals surface area contributed by atoms with E-state index in [1.165, 1.54) is 33.5 Å². The van der Waals surface area contributed by atoms with Gasteiger partial charge >= 0.3 is 0 Å². The highest BCUT2D eigenvalue weighted by Gasteiger charge is 2.45. The van der Waals surface area contributed by atoms with E-state index in [0.29, 0.717) is 6.04 Å². The molecule has 0 amide bonds. The van der Waals surface area contributed by atoms with Gasteiger partial charge < -0.3 is 9.30 Å². The second-order valence-electron chi connectivity index (χ2n) is 7.45. The first-order valence-corrected chi connectivity index (χ1v) is 11.7. The van der Waals surface area contributed by atoms with Gasteiger partial charge in [-0.1, -0.05) is 43.9 Å². The Morgan fingerprint density at radius 2 is 1.74 bits per heavy atom. The number of rotatable bonds is 2. The third-order valence-corrected chi connectivity index (χ3v) is 7.02. The van der Waals surface area contributed by atoms with E-state index in [1.54, 1.807) is 7.11 Å². The summed E-state index contributed by atoms with van der Waals surface area (Å²) in [6.45, 7) is 9.56. The summed E-state index contributed by atoms with van der Waals surface area (Å²) in [4.78, 5) is 0. The maximum atomic E-state index is 5.49. The Labute approximate surface area is 139 Å². The van der Waals surface area contributed by atoms with Gasteiger partial charge in [-0.2, -0.15) is 0 Å². The number of ether oxygens (including phenoxy) is 1. The van der Waals surface area contributed by atoms with Gasteiger partial charge in [-0.05, 0) is 47.4 Å². The monoisotopic (exact) mass is 321 g/mol. The lowest BCUT2D eigenvalue weighted by Crippen LogP contribution is -2.46. The normalized spacial score (nSPS) is 18.8. The molecule has 1 atom stereocenters. The molecule has 0 saturated carbocycles. The topological polar surface area (TPSA) is 12.5 Å². The van der Waals surface area contributed by atoms with Gasteiger partial charge in [0.05, 0.1) is 13.2 Å². The van der Waals surface area contributed by atoms with Gasteiger partial charge in [0.2, 0.25) is 0 Å². The van der Waals surface area contributed by atoms with E-state index in [-0.39, 0.29) is 0 Å². The summed E-state index contributed by atoms with van der Waals surface area (Å²) in [7, 11) is 0.217. The average Bonchev–Trinajstić information content (AvgIpc) is 3.01.